The smallest absolute Gasteiger partial charge is 0.191 e. The van der Waals surface area contributed by atoms with Crippen molar-refractivity contribution in [2.24, 2.45) is 4.99 Å². The third-order valence-corrected chi connectivity index (χ3v) is 5.34. The molecule has 0 aliphatic heterocycles. The van der Waals surface area contributed by atoms with E-state index < -0.39 is 5.60 Å². The normalized spacial score (nSPS) is 17.9. The second-order valence-electron chi connectivity index (χ2n) is 7.93. The summed E-state index contributed by atoms with van der Waals surface area (Å²) in [6.07, 6.45) is 7.91. The average molecular weight is 506 g/mol. The summed E-state index contributed by atoms with van der Waals surface area (Å²) < 4.78 is 5.56. The fourth-order valence-corrected chi connectivity index (χ4v) is 3.62. The molecule has 162 valence electrons. The molecule has 6 nitrogen and oxygen atoms in total. The van der Waals surface area contributed by atoms with Crippen molar-refractivity contribution in [1.82, 2.24) is 15.5 Å². The molecule has 0 spiro atoms. The van der Waals surface area contributed by atoms with Crippen molar-refractivity contribution in [3.05, 3.63) is 23.7 Å². The second-order valence-corrected chi connectivity index (χ2v) is 7.93. The molecule has 1 aliphatic carbocycles. The Bertz CT molecular complexity index is 583. The van der Waals surface area contributed by atoms with Crippen molar-refractivity contribution in [3.63, 3.8) is 0 Å². The Morgan fingerprint density at radius 2 is 2.00 bits per heavy atom. The molecule has 1 heterocycles. The van der Waals surface area contributed by atoms with E-state index in [2.05, 4.69) is 27.6 Å². The van der Waals surface area contributed by atoms with E-state index in [9.17, 15) is 5.11 Å². The van der Waals surface area contributed by atoms with Crippen LogP contribution in [0.15, 0.2) is 21.5 Å². The Balaban J connectivity index is 0.00000392. The Morgan fingerprint density at radius 1 is 1.29 bits per heavy atom. The van der Waals surface area contributed by atoms with Crippen LogP contribution in [0.25, 0.3) is 0 Å². The summed E-state index contributed by atoms with van der Waals surface area (Å²) in [6.45, 7) is 8.65. The highest BCUT2D eigenvalue weighted by Crippen LogP contribution is 2.23. The first kappa shape index (κ1) is 25.2. The molecular weight excluding hydrogens is 467 g/mol. The van der Waals surface area contributed by atoms with Crippen LogP contribution in [0.2, 0.25) is 0 Å². The molecule has 1 unspecified atom stereocenters. The van der Waals surface area contributed by atoms with Gasteiger partial charge in [0, 0.05) is 19.1 Å². The van der Waals surface area contributed by atoms with E-state index in [-0.39, 0.29) is 30.5 Å². The third-order valence-electron chi connectivity index (χ3n) is 5.34. The number of aliphatic imine (C=N–C) groups is 1. The van der Waals surface area contributed by atoms with Gasteiger partial charge in [-0.05, 0) is 65.8 Å². The maximum Gasteiger partial charge on any atom is 0.191 e. The van der Waals surface area contributed by atoms with Crippen LogP contribution in [0.5, 0.6) is 0 Å². The van der Waals surface area contributed by atoms with Crippen LogP contribution >= 0.6 is 24.0 Å². The molecule has 1 saturated carbocycles. The van der Waals surface area contributed by atoms with Crippen LogP contribution in [-0.2, 0) is 5.60 Å². The van der Waals surface area contributed by atoms with E-state index >= 15 is 0 Å². The van der Waals surface area contributed by atoms with Gasteiger partial charge in [-0.15, -0.1) is 24.0 Å². The highest BCUT2D eigenvalue weighted by Gasteiger charge is 2.26. The summed E-state index contributed by atoms with van der Waals surface area (Å²) in [5.74, 6) is 2.08. The van der Waals surface area contributed by atoms with Gasteiger partial charge in [-0.1, -0.05) is 19.3 Å². The van der Waals surface area contributed by atoms with Gasteiger partial charge in [-0.25, -0.2) is 4.99 Å². The maximum atomic E-state index is 10.6. The minimum Gasteiger partial charge on any atom is -0.463 e. The average Bonchev–Trinajstić information content (AvgIpc) is 3.11. The first-order valence-corrected chi connectivity index (χ1v) is 10.4. The van der Waals surface area contributed by atoms with Crippen molar-refractivity contribution in [1.29, 1.82) is 0 Å². The molecule has 1 atom stereocenters. The summed E-state index contributed by atoms with van der Waals surface area (Å²) >= 11 is 0. The van der Waals surface area contributed by atoms with E-state index in [1.165, 1.54) is 32.1 Å². The molecule has 0 amide bonds. The molecule has 3 N–H and O–H groups in total. The van der Waals surface area contributed by atoms with Gasteiger partial charge < -0.3 is 25.1 Å². The van der Waals surface area contributed by atoms with Crippen LogP contribution in [0.4, 0.5) is 0 Å². The largest absolute Gasteiger partial charge is 0.463 e. The number of nitrogens with zero attached hydrogens (tertiary/aromatic N) is 2. The van der Waals surface area contributed by atoms with E-state index in [0.717, 1.165) is 43.8 Å². The second kappa shape index (κ2) is 12.7. The summed E-state index contributed by atoms with van der Waals surface area (Å²) in [5, 5.41) is 17.3. The molecule has 0 saturated heterocycles. The first-order valence-electron chi connectivity index (χ1n) is 10.4. The van der Waals surface area contributed by atoms with E-state index in [1.807, 2.05) is 26.0 Å². The fraction of sp³-hybridized carbons (Fsp3) is 0.762. The summed E-state index contributed by atoms with van der Waals surface area (Å²) in [5.41, 5.74) is -1.11. The van der Waals surface area contributed by atoms with Gasteiger partial charge in [-0.3, -0.25) is 0 Å². The maximum absolute atomic E-state index is 10.6. The molecule has 0 radical (unpaired) electrons. The molecule has 7 heteroatoms. The van der Waals surface area contributed by atoms with Crippen LogP contribution in [-0.4, -0.2) is 55.2 Å². The number of halogens is 1. The standard InChI is InChI=1S/C21H38N4O2.HI/c1-5-22-20(24-16-21(3,26)19-13-12-17(2)27-19)23-14-9-15-25(4)18-10-7-6-8-11-18;/h12-13,18,26H,5-11,14-16H2,1-4H3,(H2,22,23,24);1H. The van der Waals surface area contributed by atoms with Crippen LogP contribution in [0, 0.1) is 6.92 Å². The van der Waals surface area contributed by atoms with Gasteiger partial charge in [0.1, 0.15) is 17.1 Å². The monoisotopic (exact) mass is 506 g/mol. The summed E-state index contributed by atoms with van der Waals surface area (Å²) in [7, 11) is 2.25. The number of furan rings is 1. The number of guanidine groups is 1. The van der Waals surface area contributed by atoms with Crippen molar-refractivity contribution < 1.29 is 9.52 Å². The lowest BCUT2D eigenvalue weighted by molar-refractivity contribution is 0.0428. The lowest BCUT2D eigenvalue weighted by Gasteiger charge is -2.31. The Hall–Kier alpha value is -0.800. The third kappa shape index (κ3) is 8.29. The fourth-order valence-electron chi connectivity index (χ4n) is 3.62. The Kier molecular flexibility index (Phi) is 11.4. The first-order chi connectivity index (χ1) is 12.9. The number of nitrogens with one attached hydrogen (secondary N) is 2. The van der Waals surface area contributed by atoms with Gasteiger partial charge in [-0.2, -0.15) is 0 Å². The van der Waals surface area contributed by atoms with Crippen molar-refractivity contribution >= 4 is 29.9 Å². The van der Waals surface area contributed by atoms with E-state index in [0.29, 0.717) is 5.76 Å². The number of hydrogen-bond acceptors (Lipinski definition) is 4. The van der Waals surface area contributed by atoms with Crippen LogP contribution < -0.4 is 10.6 Å². The zero-order valence-corrected chi connectivity index (χ0v) is 20.3. The highest BCUT2D eigenvalue weighted by molar-refractivity contribution is 14.0. The van der Waals surface area contributed by atoms with E-state index in [1.54, 1.807) is 6.92 Å². The Labute approximate surface area is 187 Å². The van der Waals surface area contributed by atoms with Crippen LogP contribution in [0.1, 0.15) is 63.9 Å². The lowest BCUT2D eigenvalue weighted by Crippen LogP contribution is -2.40. The molecule has 2 rings (SSSR count). The van der Waals surface area contributed by atoms with Gasteiger partial charge >= 0.3 is 0 Å². The molecule has 0 bridgehead atoms. The number of rotatable bonds is 9. The molecule has 1 fully saturated rings. The summed E-state index contributed by atoms with van der Waals surface area (Å²) in [6, 6.07) is 4.43. The predicted molar refractivity (Wildman–Crippen MR) is 127 cm³/mol. The molecule has 1 aromatic heterocycles. The van der Waals surface area contributed by atoms with Crippen molar-refractivity contribution in [2.75, 3.05) is 33.2 Å². The minimum atomic E-state index is -1.11. The lowest BCUT2D eigenvalue weighted by atomic mass is 9.94. The molecule has 28 heavy (non-hydrogen) atoms. The predicted octanol–water partition coefficient (Wildman–Crippen LogP) is 3.62. The number of aryl methyl sites for hydroxylation is 1. The topological polar surface area (TPSA) is 73.0 Å². The van der Waals surface area contributed by atoms with Gasteiger partial charge in [0.25, 0.3) is 0 Å². The zero-order chi connectivity index (χ0) is 19.7. The highest BCUT2D eigenvalue weighted by atomic mass is 127. The molecule has 1 aliphatic rings. The quantitative estimate of drug-likeness (QED) is 0.207. The van der Waals surface area contributed by atoms with Crippen LogP contribution in [0.3, 0.4) is 0 Å². The van der Waals surface area contributed by atoms with E-state index in [4.69, 9.17) is 4.42 Å². The summed E-state index contributed by atoms with van der Waals surface area (Å²) in [4.78, 5) is 7.06. The molecular formula is C21H39IN4O2. The SMILES string of the molecule is CCNC(=NCC(C)(O)c1ccc(C)o1)NCCCN(C)C1CCCCC1.I. The van der Waals surface area contributed by atoms with Gasteiger partial charge in [0.15, 0.2) is 5.96 Å². The molecule has 0 aromatic carbocycles. The van der Waals surface area contributed by atoms with Crippen molar-refractivity contribution in [2.45, 2.75) is 70.9 Å². The Morgan fingerprint density at radius 3 is 2.61 bits per heavy atom. The molecule has 1 aromatic rings. The number of aliphatic hydroxyl groups is 1. The zero-order valence-electron chi connectivity index (χ0n) is 18.0. The van der Waals surface area contributed by atoms with Crippen molar-refractivity contribution in [3.8, 4) is 0 Å². The number of hydrogen-bond donors (Lipinski definition) is 3. The van der Waals surface area contributed by atoms with Gasteiger partial charge in [0.2, 0.25) is 0 Å². The minimum absolute atomic E-state index is 0. The van der Waals surface area contributed by atoms with Gasteiger partial charge in [0.05, 0.1) is 6.54 Å².